The zero-order valence-electron chi connectivity index (χ0n) is 11.4. The van der Waals surface area contributed by atoms with Crippen LogP contribution in [0, 0.1) is 0 Å². The Morgan fingerprint density at radius 2 is 2.17 bits per heavy atom. The van der Waals surface area contributed by atoms with Crippen molar-refractivity contribution in [3.8, 4) is 0 Å². The normalized spacial score (nSPS) is 20.6. The molecule has 3 rings (SSSR count). The van der Waals surface area contributed by atoms with Gasteiger partial charge in [-0.15, -0.1) is 0 Å². The lowest BCUT2D eigenvalue weighted by Crippen LogP contribution is -2.39. The van der Waals surface area contributed by atoms with Gasteiger partial charge in [-0.2, -0.15) is 0 Å². The first-order valence-corrected chi connectivity index (χ1v) is 7.42. The van der Waals surface area contributed by atoms with Crippen LogP contribution in [0.1, 0.15) is 38.2 Å². The fraction of sp³-hybridized carbons (Fsp3) is 0.625. The maximum absolute atomic E-state index is 3.62. The Morgan fingerprint density at radius 1 is 1.33 bits per heavy atom. The van der Waals surface area contributed by atoms with Gasteiger partial charge in [0.05, 0.1) is 0 Å². The van der Waals surface area contributed by atoms with Crippen molar-refractivity contribution in [2.45, 2.75) is 51.1 Å². The van der Waals surface area contributed by atoms with E-state index in [0.29, 0.717) is 6.04 Å². The number of benzene rings is 1. The highest BCUT2D eigenvalue weighted by molar-refractivity contribution is 5.56. The maximum atomic E-state index is 3.62. The molecule has 0 spiro atoms. The van der Waals surface area contributed by atoms with Gasteiger partial charge < -0.3 is 10.2 Å². The van der Waals surface area contributed by atoms with Gasteiger partial charge in [-0.25, -0.2) is 0 Å². The first kappa shape index (κ1) is 12.0. The Hall–Kier alpha value is -1.02. The number of hydrogen-bond acceptors (Lipinski definition) is 2. The molecule has 1 aliphatic carbocycles. The molecule has 2 aliphatic rings. The van der Waals surface area contributed by atoms with E-state index in [1.165, 1.54) is 56.4 Å². The van der Waals surface area contributed by atoms with Crippen molar-refractivity contribution in [1.29, 1.82) is 0 Å². The molecule has 1 unspecified atom stereocenters. The maximum Gasteiger partial charge on any atom is 0.0401 e. The van der Waals surface area contributed by atoms with Crippen molar-refractivity contribution >= 4 is 5.69 Å². The summed E-state index contributed by atoms with van der Waals surface area (Å²) in [6.45, 7) is 4.77. The fourth-order valence-electron chi connectivity index (χ4n) is 2.96. The van der Waals surface area contributed by atoms with Crippen LogP contribution in [-0.4, -0.2) is 25.2 Å². The number of hydrogen-bond donors (Lipinski definition) is 1. The Morgan fingerprint density at radius 3 is 3.00 bits per heavy atom. The Bertz CT molecular complexity index is 398. The molecule has 1 aromatic carbocycles. The number of anilines is 1. The van der Waals surface area contributed by atoms with Gasteiger partial charge in [0.1, 0.15) is 0 Å². The van der Waals surface area contributed by atoms with Crippen molar-refractivity contribution in [2.75, 3.05) is 18.0 Å². The van der Waals surface area contributed by atoms with Crippen LogP contribution in [-0.2, 0) is 6.42 Å². The zero-order valence-corrected chi connectivity index (χ0v) is 11.4. The Balaban J connectivity index is 1.60. The molecule has 98 valence electrons. The topological polar surface area (TPSA) is 15.3 Å². The molecule has 1 atom stereocenters. The number of fused-ring (bicyclic) bond motifs is 1. The first-order valence-electron chi connectivity index (χ1n) is 7.42. The van der Waals surface area contributed by atoms with Crippen LogP contribution >= 0.6 is 0 Å². The second kappa shape index (κ2) is 5.31. The fourth-order valence-corrected chi connectivity index (χ4v) is 2.96. The summed E-state index contributed by atoms with van der Waals surface area (Å²) in [4.78, 5) is 2.60. The summed E-state index contributed by atoms with van der Waals surface area (Å²) in [6.07, 6.45) is 6.59. The third-order valence-electron chi connectivity index (χ3n) is 4.25. The number of nitrogens with one attached hydrogen (secondary N) is 1. The minimum absolute atomic E-state index is 0.651. The minimum atomic E-state index is 0.651. The molecule has 1 aliphatic heterocycles. The molecule has 0 radical (unpaired) electrons. The van der Waals surface area contributed by atoms with Gasteiger partial charge in [0.15, 0.2) is 0 Å². The van der Waals surface area contributed by atoms with Crippen molar-refractivity contribution < 1.29 is 0 Å². The van der Waals surface area contributed by atoms with E-state index in [4.69, 9.17) is 0 Å². The molecule has 2 heteroatoms. The lowest BCUT2D eigenvalue weighted by atomic mass is 9.99. The summed E-state index contributed by atoms with van der Waals surface area (Å²) in [7, 11) is 0. The lowest BCUT2D eigenvalue weighted by Gasteiger charge is -2.36. The Labute approximate surface area is 110 Å². The predicted octanol–water partition coefficient (Wildman–Crippen LogP) is 2.97. The van der Waals surface area contributed by atoms with E-state index >= 15 is 0 Å². The highest BCUT2D eigenvalue weighted by Gasteiger charge is 2.23. The summed E-state index contributed by atoms with van der Waals surface area (Å²) in [5, 5.41) is 3.62. The van der Waals surface area contributed by atoms with Crippen LogP contribution in [0.25, 0.3) is 0 Å². The van der Waals surface area contributed by atoms with Crippen LogP contribution in [0.2, 0.25) is 0 Å². The molecular formula is C16H24N2. The minimum Gasteiger partial charge on any atom is -0.369 e. The molecule has 1 N–H and O–H groups in total. The first-order chi connectivity index (χ1) is 8.84. The van der Waals surface area contributed by atoms with Gasteiger partial charge in [-0.05, 0) is 57.2 Å². The number of nitrogens with zero attached hydrogens (tertiary/aromatic N) is 1. The highest BCUT2D eigenvalue weighted by atomic mass is 15.2. The van der Waals surface area contributed by atoms with Crippen LogP contribution in [0.15, 0.2) is 24.3 Å². The Kier molecular flexibility index (Phi) is 3.55. The number of para-hydroxylation sites is 1. The average Bonchev–Trinajstić information content (AvgIpc) is 3.22. The summed E-state index contributed by atoms with van der Waals surface area (Å²) in [5.41, 5.74) is 3.01. The van der Waals surface area contributed by atoms with E-state index in [9.17, 15) is 0 Å². The van der Waals surface area contributed by atoms with Crippen molar-refractivity contribution in [2.24, 2.45) is 0 Å². The summed E-state index contributed by atoms with van der Waals surface area (Å²) in [5.74, 6) is 0. The predicted molar refractivity (Wildman–Crippen MR) is 77.2 cm³/mol. The van der Waals surface area contributed by atoms with Crippen LogP contribution in [0.5, 0.6) is 0 Å². The van der Waals surface area contributed by atoms with Gasteiger partial charge in [-0.3, -0.25) is 0 Å². The molecule has 2 nitrogen and oxygen atoms in total. The molecular weight excluding hydrogens is 220 g/mol. The van der Waals surface area contributed by atoms with Gasteiger partial charge in [0.2, 0.25) is 0 Å². The monoisotopic (exact) mass is 244 g/mol. The average molecular weight is 244 g/mol. The molecule has 0 bridgehead atoms. The summed E-state index contributed by atoms with van der Waals surface area (Å²) >= 11 is 0. The quantitative estimate of drug-likeness (QED) is 0.856. The highest BCUT2D eigenvalue weighted by Crippen LogP contribution is 2.29. The van der Waals surface area contributed by atoms with Crippen LogP contribution < -0.4 is 10.2 Å². The molecule has 0 amide bonds. The molecule has 0 aromatic heterocycles. The van der Waals surface area contributed by atoms with Gasteiger partial charge in [0.25, 0.3) is 0 Å². The van der Waals surface area contributed by atoms with Crippen molar-refractivity contribution in [1.82, 2.24) is 5.32 Å². The number of rotatable bonds is 5. The number of aryl methyl sites for hydroxylation is 1. The smallest absolute Gasteiger partial charge is 0.0401 e. The van der Waals surface area contributed by atoms with Crippen molar-refractivity contribution in [3.05, 3.63) is 29.8 Å². The zero-order chi connectivity index (χ0) is 12.4. The second-order valence-corrected chi connectivity index (χ2v) is 5.79. The van der Waals surface area contributed by atoms with E-state index < -0.39 is 0 Å². The van der Waals surface area contributed by atoms with Crippen LogP contribution in [0.4, 0.5) is 5.69 Å². The van der Waals surface area contributed by atoms with Crippen molar-refractivity contribution in [3.63, 3.8) is 0 Å². The van der Waals surface area contributed by atoms with E-state index in [1.807, 2.05) is 0 Å². The lowest BCUT2D eigenvalue weighted by molar-refractivity contribution is 0.529. The molecule has 1 saturated carbocycles. The summed E-state index contributed by atoms with van der Waals surface area (Å²) in [6, 6.07) is 10.4. The standard InChI is InChI=1S/C16H24N2/c1-13(10-11-17-15-8-9-15)18-12-4-6-14-5-2-3-7-16(14)18/h2-3,5,7,13,15,17H,4,6,8-12H2,1H3. The molecule has 0 saturated heterocycles. The molecule has 1 fully saturated rings. The SMILES string of the molecule is CC(CCNC1CC1)N1CCCc2ccccc21. The van der Waals surface area contributed by atoms with E-state index in [1.54, 1.807) is 0 Å². The van der Waals surface area contributed by atoms with Gasteiger partial charge in [0, 0.05) is 24.3 Å². The molecule has 1 aromatic rings. The second-order valence-electron chi connectivity index (χ2n) is 5.79. The largest absolute Gasteiger partial charge is 0.369 e. The van der Waals surface area contributed by atoms with E-state index in [0.717, 1.165) is 6.04 Å². The summed E-state index contributed by atoms with van der Waals surface area (Å²) < 4.78 is 0. The van der Waals surface area contributed by atoms with E-state index in [-0.39, 0.29) is 0 Å². The van der Waals surface area contributed by atoms with E-state index in [2.05, 4.69) is 41.4 Å². The van der Waals surface area contributed by atoms with Crippen LogP contribution in [0.3, 0.4) is 0 Å². The molecule has 1 heterocycles. The van der Waals surface area contributed by atoms with Gasteiger partial charge in [-0.1, -0.05) is 18.2 Å². The third-order valence-corrected chi connectivity index (χ3v) is 4.25. The molecule has 18 heavy (non-hydrogen) atoms. The third kappa shape index (κ3) is 2.69. The van der Waals surface area contributed by atoms with Gasteiger partial charge >= 0.3 is 0 Å².